The van der Waals surface area contributed by atoms with Crippen LogP contribution in [0.3, 0.4) is 0 Å². The van der Waals surface area contributed by atoms with E-state index < -0.39 is 0 Å². The molecule has 2 aromatic rings. The average Bonchev–Trinajstić information content (AvgIpc) is 2.70. The Bertz CT molecular complexity index is 602. The lowest BCUT2D eigenvalue weighted by Gasteiger charge is -2.34. The number of carbonyl (C=O) groups excluding carboxylic acids is 1. The zero-order valence-electron chi connectivity index (χ0n) is 9.97. The molecule has 0 bridgehead atoms. The molecule has 1 aliphatic rings. The number of nitrogens with zero attached hydrogens (tertiary/aromatic N) is 2. The van der Waals surface area contributed by atoms with Crippen LogP contribution in [0.5, 0.6) is 0 Å². The van der Waals surface area contributed by atoms with Crippen molar-refractivity contribution < 1.29 is 13.9 Å². The highest BCUT2D eigenvalue weighted by molar-refractivity contribution is 5.76. The molecule has 0 amide bonds. The number of hydrogen-bond acceptors (Lipinski definition) is 3. The lowest BCUT2D eigenvalue weighted by molar-refractivity contribution is -0.149. The lowest BCUT2D eigenvalue weighted by atomic mass is 9.80. The molecule has 0 atom stereocenters. The van der Waals surface area contributed by atoms with Crippen LogP contribution in [0.2, 0.25) is 0 Å². The van der Waals surface area contributed by atoms with Gasteiger partial charge in [-0.1, -0.05) is 0 Å². The molecule has 1 aromatic carbocycles. The molecule has 94 valence electrons. The number of fused-ring (bicyclic) bond motifs is 1. The number of aromatic nitrogens is 2. The number of methoxy groups -OCH3 is 1. The van der Waals surface area contributed by atoms with Gasteiger partial charge in [0.15, 0.2) is 0 Å². The fourth-order valence-electron chi connectivity index (χ4n) is 2.47. The van der Waals surface area contributed by atoms with E-state index in [1.807, 2.05) is 4.57 Å². The van der Waals surface area contributed by atoms with E-state index >= 15 is 0 Å². The minimum atomic E-state index is -0.284. The average molecular weight is 248 g/mol. The van der Waals surface area contributed by atoms with Crippen molar-refractivity contribution in [2.24, 2.45) is 5.92 Å². The van der Waals surface area contributed by atoms with E-state index in [-0.39, 0.29) is 23.7 Å². The maximum atomic E-state index is 13.0. The summed E-state index contributed by atoms with van der Waals surface area (Å²) in [6.45, 7) is 0. The van der Waals surface area contributed by atoms with Crippen LogP contribution in [0.1, 0.15) is 18.9 Å². The summed E-state index contributed by atoms with van der Waals surface area (Å²) in [5.74, 6) is -0.451. The molecule has 5 heteroatoms. The van der Waals surface area contributed by atoms with Gasteiger partial charge in [-0.3, -0.25) is 4.79 Å². The van der Waals surface area contributed by atoms with Crippen LogP contribution in [0.25, 0.3) is 11.0 Å². The predicted octanol–water partition coefficient (Wildman–Crippen LogP) is 2.30. The third-order valence-electron chi connectivity index (χ3n) is 3.58. The van der Waals surface area contributed by atoms with Gasteiger partial charge < -0.3 is 9.30 Å². The molecule has 3 rings (SSSR count). The summed E-state index contributed by atoms with van der Waals surface area (Å²) < 4.78 is 19.8. The van der Waals surface area contributed by atoms with E-state index in [0.29, 0.717) is 5.52 Å². The van der Waals surface area contributed by atoms with Gasteiger partial charge in [0.2, 0.25) is 0 Å². The molecule has 0 unspecified atom stereocenters. The van der Waals surface area contributed by atoms with Gasteiger partial charge in [0.05, 0.1) is 30.4 Å². The van der Waals surface area contributed by atoms with Crippen LogP contribution in [-0.2, 0) is 9.53 Å². The SMILES string of the molecule is COC(=O)[C@H]1C[C@@H](n2cnc3cc(F)ccc32)C1. The molecule has 1 heterocycles. The highest BCUT2D eigenvalue weighted by Gasteiger charge is 2.36. The molecule has 1 saturated carbocycles. The first kappa shape index (κ1) is 11.2. The third-order valence-corrected chi connectivity index (χ3v) is 3.58. The monoisotopic (exact) mass is 248 g/mol. The van der Waals surface area contributed by atoms with Crippen molar-refractivity contribution in [2.45, 2.75) is 18.9 Å². The second-order valence-electron chi connectivity index (χ2n) is 4.63. The first-order valence-electron chi connectivity index (χ1n) is 5.89. The van der Waals surface area contributed by atoms with Crippen LogP contribution in [0, 0.1) is 11.7 Å². The quantitative estimate of drug-likeness (QED) is 0.766. The van der Waals surface area contributed by atoms with E-state index in [2.05, 4.69) is 4.98 Å². The zero-order valence-corrected chi connectivity index (χ0v) is 9.97. The molecule has 0 saturated heterocycles. The summed E-state index contributed by atoms with van der Waals surface area (Å²) in [6.07, 6.45) is 3.23. The molecule has 18 heavy (non-hydrogen) atoms. The van der Waals surface area contributed by atoms with Gasteiger partial charge in [-0.25, -0.2) is 9.37 Å². The molecule has 0 N–H and O–H groups in total. The first-order valence-corrected chi connectivity index (χ1v) is 5.89. The number of carbonyl (C=O) groups is 1. The van der Waals surface area contributed by atoms with Crippen LogP contribution in [0.15, 0.2) is 24.5 Å². The maximum absolute atomic E-state index is 13.0. The van der Waals surface area contributed by atoms with Crippen LogP contribution in [-0.4, -0.2) is 22.6 Å². The minimum Gasteiger partial charge on any atom is -0.469 e. The molecule has 1 aliphatic carbocycles. The van der Waals surface area contributed by atoms with E-state index in [0.717, 1.165) is 18.4 Å². The summed E-state index contributed by atoms with van der Waals surface area (Å²) in [4.78, 5) is 15.5. The highest BCUT2D eigenvalue weighted by atomic mass is 19.1. The second kappa shape index (κ2) is 4.08. The van der Waals surface area contributed by atoms with Crippen LogP contribution in [0.4, 0.5) is 4.39 Å². The Balaban J connectivity index is 1.83. The van der Waals surface area contributed by atoms with Crippen molar-refractivity contribution in [3.05, 3.63) is 30.3 Å². The number of benzene rings is 1. The predicted molar refractivity (Wildman–Crippen MR) is 63.5 cm³/mol. The van der Waals surface area contributed by atoms with Crippen molar-refractivity contribution in [2.75, 3.05) is 7.11 Å². The first-order chi connectivity index (χ1) is 8.69. The third kappa shape index (κ3) is 1.66. The molecule has 0 aliphatic heterocycles. The van der Waals surface area contributed by atoms with Gasteiger partial charge in [-0.05, 0) is 25.0 Å². The van der Waals surface area contributed by atoms with Gasteiger partial charge in [-0.15, -0.1) is 0 Å². The molecule has 0 spiro atoms. The van der Waals surface area contributed by atoms with Crippen LogP contribution < -0.4 is 0 Å². The largest absolute Gasteiger partial charge is 0.469 e. The summed E-state index contributed by atoms with van der Waals surface area (Å²) in [5.41, 5.74) is 1.56. The Morgan fingerprint density at radius 3 is 3.00 bits per heavy atom. The van der Waals surface area contributed by atoms with Gasteiger partial charge in [0, 0.05) is 12.1 Å². The molecular formula is C13H13FN2O2. The summed E-state index contributed by atoms with van der Waals surface area (Å²) in [5, 5.41) is 0. The van der Waals surface area contributed by atoms with E-state index in [4.69, 9.17) is 4.74 Å². The molecule has 1 aromatic heterocycles. The summed E-state index contributed by atoms with van der Waals surface area (Å²) in [6, 6.07) is 4.83. The smallest absolute Gasteiger partial charge is 0.308 e. The number of rotatable bonds is 2. The molecule has 0 radical (unpaired) electrons. The summed E-state index contributed by atoms with van der Waals surface area (Å²) in [7, 11) is 1.41. The van der Waals surface area contributed by atoms with Crippen LogP contribution >= 0.6 is 0 Å². The standard InChI is InChI=1S/C13H13FN2O2/c1-18-13(17)8-4-10(5-8)16-7-15-11-6-9(14)2-3-12(11)16/h2-3,6-8,10H,4-5H2,1H3/t8-,10+. The zero-order chi connectivity index (χ0) is 12.7. The van der Waals surface area contributed by atoms with Crippen molar-refractivity contribution >= 4 is 17.0 Å². The lowest BCUT2D eigenvalue weighted by Crippen LogP contribution is -2.32. The normalized spacial score (nSPS) is 22.8. The van der Waals surface area contributed by atoms with Gasteiger partial charge in [-0.2, -0.15) is 0 Å². The molecular weight excluding hydrogens is 235 g/mol. The Morgan fingerprint density at radius 2 is 2.28 bits per heavy atom. The van der Waals surface area contributed by atoms with Gasteiger partial charge >= 0.3 is 5.97 Å². The number of esters is 1. The molecule has 1 fully saturated rings. The Kier molecular flexibility index (Phi) is 2.54. The van der Waals surface area contributed by atoms with E-state index in [1.54, 1.807) is 12.4 Å². The maximum Gasteiger partial charge on any atom is 0.308 e. The van der Waals surface area contributed by atoms with Gasteiger partial charge in [0.1, 0.15) is 5.82 Å². The van der Waals surface area contributed by atoms with E-state index in [1.165, 1.54) is 19.2 Å². The number of hydrogen-bond donors (Lipinski definition) is 0. The number of ether oxygens (including phenoxy) is 1. The Morgan fingerprint density at radius 1 is 1.50 bits per heavy atom. The summed E-state index contributed by atoms with van der Waals surface area (Å²) >= 11 is 0. The van der Waals surface area contributed by atoms with E-state index in [9.17, 15) is 9.18 Å². The Hall–Kier alpha value is -1.91. The fraction of sp³-hybridized carbons (Fsp3) is 0.385. The highest BCUT2D eigenvalue weighted by Crippen LogP contribution is 2.39. The van der Waals surface area contributed by atoms with Gasteiger partial charge in [0.25, 0.3) is 0 Å². The van der Waals surface area contributed by atoms with Crippen molar-refractivity contribution in [1.29, 1.82) is 0 Å². The van der Waals surface area contributed by atoms with Crippen molar-refractivity contribution in [3.8, 4) is 0 Å². The van der Waals surface area contributed by atoms with Crippen molar-refractivity contribution in [1.82, 2.24) is 9.55 Å². The van der Waals surface area contributed by atoms with Crippen molar-refractivity contribution in [3.63, 3.8) is 0 Å². The Labute approximate surface area is 103 Å². The second-order valence-corrected chi connectivity index (χ2v) is 4.63. The fourth-order valence-corrected chi connectivity index (χ4v) is 2.47. The molecule has 4 nitrogen and oxygen atoms in total. The minimum absolute atomic E-state index is 0.0158. The number of halogens is 1. The topological polar surface area (TPSA) is 44.1 Å². The number of imidazole rings is 1.